The van der Waals surface area contributed by atoms with Crippen molar-refractivity contribution in [2.24, 2.45) is 11.8 Å². The highest BCUT2D eigenvalue weighted by Gasteiger charge is 2.35. The number of hydrogen-bond acceptors (Lipinski definition) is 3. The predicted molar refractivity (Wildman–Crippen MR) is 91.5 cm³/mol. The van der Waals surface area contributed by atoms with Gasteiger partial charge in [-0.1, -0.05) is 31.2 Å². The molecule has 0 aliphatic carbocycles. The van der Waals surface area contributed by atoms with Gasteiger partial charge in [0.2, 0.25) is 5.91 Å². The van der Waals surface area contributed by atoms with E-state index in [2.05, 4.69) is 23.1 Å². The van der Waals surface area contributed by atoms with Crippen LogP contribution in [0, 0.1) is 11.8 Å². The summed E-state index contributed by atoms with van der Waals surface area (Å²) < 4.78 is 0. The van der Waals surface area contributed by atoms with Crippen LogP contribution in [0.5, 0.6) is 0 Å². The van der Waals surface area contributed by atoms with Gasteiger partial charge in [-0.05, 0) is 36.8 Å². The number of carboxylic acids is 1. The molecule has 0 aromatic heterocycles. The van der Waals surface area contributed by atoms with E-state index in [1.807, 2.05) is 19.9 Å². The lowest BCUT2D eigenvalue weighted by Gasteiger charge is -2.39. The summed E-state index contributed by atoms with van der Waals surface area (Å²) in [5, 5.41) is 9.30. The molecule has 130 valence electrons. The number of fused-ring (bicyclic) bond motifs is 1. The van der Waals surface area contributed by atoms with Gasteiger partial charge in [0.15, 0.2) is 0 Å². The molecular formula is C19H26N2O3. The van der Waals surface area contributed by atoms with Crippen molar-refractivity contribution >= 4 is 11.9 Å². The Morgan fingerprint density at radius 1 is 1.21 bits per heavy atom. The van der Waals surface area contributed by atoms with E-state index in [1.54, 1.807) is 4.90 Å². The maximum absolute atomic E-state index is 12.9. The first-order chi connectivity index (χ1) is 11.5. The largest absolute Gasteiger partial charge is 0.481 e. The highest BCUT2D eigenvalue weighted by atomic mass is 16.4. The molecule has 1 saturated heterocycles. The number of piperidine rings is 1. The number of nitrogens with zero attached hydrogens (tertiary/aromatic N) is 2. The molecule has 0 saturated carbocycles. The molecule has 3 atom stereocenters. The van der Waals surface area contributed by atoms with Gasteiger partial charge < -0.3 is 10.0 Å². The Kier molecular flexibility index (Phi) is 4.90. The van der Waals surface area contributed by atoms with E-state index in [0.29, 0.717) is 19.5 Å². The number of benzene rings is 1. The lowest BCUT2D eigenvalue weighted by atomic mass is 9.90. The Balaban J connectivity index is 1.67. The van der Waals surface area contributed by atoms with E-state index in [9.17, 15) is 14.7 Å². The van der Waals surface area contributed by atoms with E-state index in [1.165, 1.54) is 11.1 Å². The van der Waals surface area contributed by atoms with Crippen LogP contribution < -0.4 is 0 Å². The van der Waals surface area contributed by atoms with Gasteiger partial charge in [0.25, 0.3) is 0 Å². The van der Waals surface area contributed by atoms with Gasteiger partial charge >= 0.3 is 5.97 Å². The summed E-state index contributed by atoms with van der Waals surface area (Å²) >= 11 is 0. The predicted octanol–water partition coefficient (Wildman–Crippen LogP) is 2.00. The summed E-state index contributed by atoms with van der Waals surface area (Å²) in [4.78, 5) is 28.2. The number of likely N-dealkylation sites (tertiary alicyclic amines) is 1. The molecule has 2 aliphatic rings. The standard InChI is InChI=1S/C19H26N2O3/c1-13-9-17(19(23)24)12-21(10-13)18(22)14(2)20-8-7-15-5-3-4-6-16(15)11-20/h3-6,13-14,17H,7-12H2,1-2H3,(H,23,24). The van der Waals surface area contributed by atoms with E-state index in [-0.39, 0.29) is 17.9 Å². The molecule has 0 spiro atoms. The zero-order chi connectivity index (χ0) is 17.3. The van der Waals surface area contributed by atoms with Crippen molar-refractivity contribution in [3.63, 3.8) is 0 Å². The van der Waals surface area contributed by atoms with E-state index in [0.717, 1.165) is 19.5 Å². The van der Waals surface area contributed by atoms with Crippen molar-refractivity contribution in [2.45, 2.75) is 39.3 Å². The smallest absolute Gasteiger partial charge is 0.308 e. The topological polar surface area (TPSA) is 60.9 Å². The molecule has 5 heteroatoms. The first kappa shape index (κ1) is 17.0. The van der Waals surface area contributed by atoms with Gasteiger partial charge in [-0.25, -0.2) is 0 Å². The quantitative estimate of drug-likeness (QED) is 0.921. The average molecular weight is 330 g/mol. The fourth-order valence-electron chi connectivity index (χ4n) is 3.98. The normalized spacial score (nSPS) is 25.8. The Labute approximate surface area is 143 Å². The van der Waals surface area contributed by atoms with Gasteiger partial charge in [-0.2, -0.15) is 0 Å². The minimum Gasteiger partial charge on any atom is -0.481 e. The molecule has 1 fully saturated rings. The zero-order valence-corrected chi connectivity index (χ0v) is 14.4. The molecule has 3 unspecified atom stereocenters. The molecule has 0 radical (unpaired) electrons. The first-order valence-corrected chi connectivity index (χ1v) is 8.78. The van der Waals surface area contributed by atoms with Crippen molar-refractivity contribution in [1.29, 1.82) is 0 Å². The third-order valence-electron chi connectivity index (χ3n) is 5.39. The lowest BCUT2D eigenvalue weighted by Crippen LogP contribution is -2.53. The minimum absolute atomic E-state index is 0.0622. The summed E-state index contributed by atoms with van der Waals surface area (Å²) in [6.45, 7) is 6.64. The van der Waals surface area contributed by atoms with Gasteiger partial charge in [-0.15, -0.1) is 0 Å². The third-order valence-corrected chi connectivity index (χ3v) is 5.39. The van der Waals surface area contributed by atoms with Crippen LogP contribution in [0.2, 0.25) is 0 Å². The van der Waals surface area contributed by atoms with Crippen molar-refractivity contribution in [3.05, 3.63) is 35.4 Å². The molecule has 2 heterocycles. The Bertz CT molecular complexity index is 631. The lowest BCUT2D eigenvalue weighted by molar-refractivity contribution is -0.148. The molecule has 0 bridgehead atoms. The SMILES string of the molecule is CC1CC(C(=O)O)CN(C(=O)C(C)N2CCc3ccccc3C2)C1. The zero-order valence-electron chi connectivity index (χ0n) is 14.4. The summed E-state index contributed by atoms with van der Waals surface area (Å²) in [5.74, 6) is -0.934. The first-order valence-electron chi connectivity index (χ1n) is 8.78. The number of rotatable bonds is 3. The molecule has 3 rings (SSSR count). The van der Waals surface area contributed by atoms with Crippen LogP contribution in [0.15, 0.2) is 24.3 Å². The number of carboxylic acid groups (broad SMARTS) is 1. The maximum atomic E-state index is 12.9. The number of aliphatic carboxylic acids is 1. The second kappa shape index (κ2) is 6.93. The van der Waals surface area contributed by atoms with E-state index < -0.39 is 11.9 Å². The van der Waals surface area contributed by atoms with Crippen LogP contribution in [0.25, 0.3) is 0 Å². The van der Waals surface area contributed by atoms with Crippen LogP contribution in [-0.4, -0.2) is 52.5 Å². The summed E-state index contributed by atoms with van der Waals surface area (Å²) in [5.41, 5.74) is 2.66. The summed E-state index contributed by atoms with van der Waals surface area (Å²) in [6.07, 6.45) is 1.62. The Morgan fingerprint density at radius 3 is 2.62 bits per heavy atom. The maximum Gasteiger partial charge on any atom is 0.308 e. The van der Waals surface area contributed by atoms with Crippen LogP contribution in [-0.2, 0) is 22.6 Å². The fraction of sp³-hybridized carbons (Fsp3) is 0.579. The molecule has 1 aromatic rings. The minimum atomic E-state index is -0.793. The van der Waals surface area contributed by atoms with Crippen molar-refractivity contribution in [1.82, 2.24) is 9.80 Å². The molecule has 1 N–H and O–H groups in total. The Morgan fingerprint density at radius 2 is 1.92 bits per heavy atom. The monoisotopic (exact) mass is 330 g/mol. The fourth-order valence-corrected chi connectivity index (χ4v) is 3.98. The van der Waals surface area contributed by atoms with E-state index in [4.69, 9.17) is 0 Å². The van der Waals surface area contributed by atoms with Gasteiger partial charge in [0, 0.05) is 26.2 Å². The second-order valence-electron chi connectivity index (χ2n) is 7.28. The Hall–Kier alpha value is -1.88. The van der Waals surface area contributed by atoms with Crippen LogP contribution in [0.4, 0.5) is 0 Å². The van der Waals surface area contributed by atoms with Crippen LogP contribution >= 0.6 is 0 Å². The number of carbonyl (C=O) groups is 2. The van der Waals surface area contributed by atoms with Crippen LogP contribution in [0.3, 0.4) is 0 Å². The van der Waals surface area contributed by atoms with E-state index >= 15 is 0 Å². The molecule has 1 amide bonds. The van der Waals surface area contributed by atoms with Crippen LogP contribution in [0.1, 0.15) is 31.4 Å². The van der Waals surface area contributed by atoms with Gasteiger partial charge in [0.1, 0.15) is 0 Å². The highest BCUT2D eigenvalue weighted by Crippen LogP contribution is 2.25. The van der Waals surface area contributed by atoms with Gasteiger partial charge in [-0.3, -0.25) is 14.5 Å². The number of hydrogen-bond donors (Lipinski definition) is 1. The molecule has 1 aromatic carbocycles. The molecular weight excluding hydrogens is 304 g/mol. The van der Waals surface area contributed by atoms with Crippen molar-refractivity contribution in [2.75, 3.05) is 19.6 Å². The number of carbonyl (C=O) groups excluding carboxylic acids is 1. The summed E-state index contributed by atoms with van der Waals surface area (Å²) in [7, 11) is 0. The average Bonchev–Trinajstić information content (AvgIpc) is 2.59. The third kappa shape index (κ3) is 3.46. The molecule has 2 aliphatic heterocycles. The molecule has 24 heavy (non-hydrogen) atoms. The van der Waals surface area contributed by atoms with Gasteiger partial charge in [0.05, 0.1) is 12.0 Å². The van der Waals surface area contributed by atoms with Crippen molar-refractivity contribution < 1.29 is 14.7 Å². The number of amides is 1. The summed E-state index contributed by atoms with van der Waals surface area (Å²) in [6, 6.07) is 8.17. The highest BCUT2D eigenvalue weighted by molar-refractivity contribution is 5.82. The second-order valence-corrected chi connectivity index (χ2v) is 7.28. The molecule has 5 nitrogen and oxygen atoms in total. The van der Waals surface area contributed by atoms with Crippen molar-refractivity contribution in [3.8, 4) is 0 Å².